The van der Waals surface area contributed by atoms with Gasteiger partial charge in [-0.05, 0) is 104 Å². The number of rotatable bonds is 4. The molecular weight excluding hydrogens is 625 g/mol. The lowest BCUT2D eigenvalue weighted by atomic mass is 9.99. The Bertz CT molecular complexity index is 3160. The summed E-state index contributed by atoms with van der Waals surface area (Å²) in [7, 11) is 0. The fourth-order valence-corrected chi connectivity index (χ4v) is 7.79. The molecule has 0 bridgehead atoms. The van der Waals surface area contributed by atoms with Crippen molar-refractivity contribution < 1.29 is 8.83 Å². The lowest BCUT2D eigenvalue weighted by Gasteiger charge is -2.26. The smallest absolute Gasteiger partial charge is 0.227 e. The van der Waals surface area contributed by atoms with Crippen LogP contribution in [-0.2, 0) is 0 Å². The summed E-state index contributed by atoms with van der Waals surface area (Å²) in [5, 5.41) is 11.5. The van der Waals surface area contributed by atoms with Gasteiger partial charge in [0.25, 0.3) is 0 Å². The molecule has 4 nitrogen and oxygen atoms in total. The molecule has 0 radical (unpaired) electrons. The molecule has 0 aliphatic rings. The Morgan fingerprint density at radius 3 is 1.90 bits per heavy atom. The normalized spacial score (nSPS) is 11.9. The van der Waals surface area contributed by atoms with Gasteiger partial charge in [0, 0.05) is 38.8 Å². The number of anilines is 3. The molecule has 0 aliphatic carbocycles. The van der Waals surface area contributed by atoms with Crippen LogP contribution in [-0.4, -0.2) is 4.98 Å². The second kappa shape index (κ2) is 10.8. The summed E-state index contributed by atoms with van der Waals surface area (Å²) in [5.41, 5.74) is 7.51. The van der Waals surface area contributed by atoms with E-state index in [1.54, 1.807) is 0 Å². The minimum atomic E-state index is 0.622. The predicted molar refractivity (Wildman–Crippen MR) is 211 cm³/mol. The van der Waals surface area contributed by atoms with Gasteiger partial charge in [-0.15, -0.1) is 0 Å². The number of furan rings is 1. The van der Waals surface area contributed by atoms with Crippen LogP contribution in [0.15, 0.2) is 179 Å². The highest BCUT2D eigenvalue weighted by atomic mass is 16.3. The molecule has 238 valence electrons. The van der Waals surface area contributed by atoms with E-state index in [0.29, 0.717) is 5.89 Å². The molecule has 0 aliphatic heterocycles. The highest BCUT2D eigenvalue weighted by molar-refractivity contribution is 6.19. The first kappa shape index (κ1) is 28.0. The van der Waals surface area contributed by atoms with Gasteiger partial charge < -0.3 is 13.7 Å². The molecule has 0 spiro atoms. The largest absolute Gasteiger partial charge is 0.456 e. The highest BCUT2D eigenvalue weighted by Gasteiger charge is 2.19. The zero-order valence-corrected chi connectivity index (χ0v) is 27.4. The number of oxazole rings is 1. The van der Waals surface area contributed by atoms with Gasteiger partial charge in [-0.3, -0.25) is 0 Å². The quantitative estimate of drug-likeness (QED) is 0.177. The fraction of sp³-hybridized carbons (Fsp3) is 0. The van der Waals surface area contributed by atoms with Gasteiger partial charge in [-0.1, -0.05) is 103 Å². The van der Waals surface area contributed by atoms with Crippen molar-refractivity contribution in [2.75, 3.05) is 4.90 Å². The molecule has 2 heterocycles. The molecule has 0 amide bonds. The van der Waals surface area contributed by atoms with Crippen LogP contribution in [0.2, 0.25) is 0 Å². The number of fused-ring (bicyclic) bond motifs is 11. The van der Waals surface area contributed by atoms with Gasteiger partial charge in [0.2, 0.25) is 5.89 Å². The Labute approximate surface area is 292 Å². The van der Waals surface area contributed by atoms with Crippen LogP contribution in [0.25, 0.3) is 87.6 Å². The standard InChI is InChI=1S/C47H28N2O2/c1-2-9-32(10-3-1)47-48-42-24-19-31-16-14-30-18-20-35(27-40(30)45(31)46(42)51-47)49(36-22-25-44-41(28-36)39-12-6-7-13-43(39)50-44)34-21-23-38-33(26-34)17-15-29-8-4-5-11-37(29)38/h1-28H. The van der Waals surface area contributed by atoms with Gasteiger partial charge in [-0.25, -0.2) is 4.98 Å². The first-order valence-electron chi connectivity index (χ1n) is 17.2. The molecule has 0 atom stereocenters. The molecule has 11 aromatic rings. The Balaban J connectivity index is 1.17. The molecule has 0 fully saturated rings. The van der Waals surface area contributed by atoms with Gasteiger partial charge in [0.1, 0.15) is 16.7 Å². The molecule has 4 heteroatoms. The van der Waals surface area contributed by atoms with Crippen molar-refractivity contribution in [3.8, 4) is 11.5 Å². The summed E-state index contributed by atoms with van der Waals surface area (Å²) in [6, 6.07) is 59.9. The summed E-state index contributed by atoms with van der Waals surface area (Å²) in [6.07, 6.45) is 0. The summed E-state index contributed by atoms with van der Waals surface area (Å²) >= 11 is 0. The highest BCUT2D eigenvalue weighted by Crippen LogP contribution is 2.43. The lowest BCUT2D eigenvalue weighted by molar-refractivity contribution is 0.623. The third-order valence-electron chi connectivity index (χ3n) is 10.2. The van der Waals surface area contributed by atoms with Crippen LogP contribution in [0.3, 0.4) is 0 Å². The minimum Gasteiger partial charge on any atom is -0.456 e. The molecule has 51 heavy (non-hydrogen) atoms. The van der Waals surface area contributed by atoms with Gasteiger partial charge >= 0.3 is 0 Å². The maximum absolute atomic E-state index is 6.57. The second-order valence-electron chi connectivity index (χ2n) is 13.2. The van der Waals surface area contributed by atoms with Crippen molar-refractivity contribution >= 4 is 93.2 Å². The number of hydrogen-bond acceptors (Lipinski definition) is 4. The van der Waals surface area contributed by atoms with E-state index < -0.39 is 0 Å². The molecule has 0 unspecified atom stereocenters. The molecular formula is C47H28N2O2. The van der Waals surface area contributed by atoms with Crippen LogP contribution in [0, 0.1) is 0 Å². The number of aromatic nitrogens is 1. The Kier molecular flexibility index (Phi) is 5.92. The molecule has 2 aromatic heterocycles. The van der Waals surface area contributed by atoms with Crippen LogP contribution in [0.5, 0.6) is 0 Å². The lowest BCUT2D eigenvalue weighted by Crippen LogP contribution is -2.10. The van der Waals surface area contributed by atoms with E-state index in [-0.39, 0.29) is 0 Å². The van der Waals surface area contributed by atoms with Crippen LogP contribution in [0.4, 0.5) is 17.1 Å². The summed E-state index contributed by atoms with van der Waals surface area (Å²) < 4.78 is 12.8. The van der Waals surface area contributed by atoms with Crippen LogP contribution in [0.1, 0.15) is 0 Å². The van der Waals surface area contributed by atoms with Crippen molar-refractivity contribution in [3.05, 3.63) is 170 Å². The Morgan fingerprint density at radius 2 is 1.00 bits per heavy atom. The van der Waals surface area contributed by atoms with Crippen molar-refractivity contribution in [3.63, 3.8) is 0 Å². The van der Waals surface area contributed by atoms with Crippen molar-refractivity contribution in [2.24, 2.45) is 0 Å². The number of hydrogen-bond donors (Lipinski definition) is 0. The SMILES string of the molecule is c1ccc(-c2nc3ccc4ccc5ccc(N(c6ccc7c(ccc8ccccc87)c6)c6ccc7oc8ccccc8c7c6)cc5c4c3o2)cc1. The van der Waals surface area contributed by atoms with E-state index in [1.165, 1.54) is 21.5 Å². The van der Waals surface area contributed by atoms with E-state index in [1.807, 2.05) is 42.5 Å². The predicted octanol–water partition coefficient (Wildman–Crippen LogP) is 13.5. The molecule has 11 rings (SSSR count). The molecule has 0 saturated carbocycles. The third-order valence-corrected chi connectivity index (χ3v) is 10.2. The number of benzene rings is 9. The van der Waals surface area contributed by atoms with E-state index in [0.717, 1.165) is 77.2 Å². The fourth-order valence-electron chi connectivity index (χ4n) is 7.79. The minimum absolute atomic E-state index is 0.622. The Morgan fingerprint density at radius 1 is 0.392 bits per heavy atom. The maximum atomic E-state index is 6.57. The summed E-state index contributed by atoms with van der Waals surface area (Å²) in [4.78, 5) is 7.26. The van der Waals surface area contributed by atoms with Gasteiger partial charge in [-0.2, -0.15) is 0 Å². The van der Waals surface area contributed by atoms with E-state index in [9.17, 15) is 0 Å². The first-order valence-corrected chi connectivity index (χ1v) is 17.2. The van der Waals surface area contributed by atoms with E-state index in [4.69, 9.17) is 13.8 Å². The molecule has 9 aromatic carbocycles. The maximum Gasteiger partial charge on any atom is 0.227 e. The first-order chi connectivity index (χ1) is 25.2. The Hall–Kier alpha value is -6.91. The van der Waals surface area contributed by atoms with Crippen LogP contribution >= 0.6 is 0 Å². The summed E-state index contributed by atoms with van der Waals surface area (Å²) in [5.74, 6) is 0.622. The zero-order chi connectivity index (χ0) is 33.5. The van der Waals surface area contributed by atoms with Crippen molar-refractivity contribution in [1.29, 1.82) is 0 Å². The van der Waals surface area contributed by atoms with E-state index >= 15 is 0 Å². The number of nitrogens with zero attached hydrogens (tertiary/aromatic N) is 2. The van der Waals surface area contributed by atoms with Crippen LogP contribution < -0.4 is 4.90 Å². The number of para-hydroxylation sites is 1. The summed E-state index contributed by atoms with van der Waals surface area (Å²) in [6.45, 7) is 0. The average Bonchev–Trinajstić information content (AvgIpc) is 3.80. The monoisotopic (exact) mass is 652 g/mol. The molecule has 0 saturated heterocycles. The van der Waals surface area contributed by atoms with Crippen molar-refractivity contribution in [2.45, 2.75) is 0 Å². The van der Waals surface area contributed by atoms with Gasteiger partial charge in [0.05, 0.1) is 0 Å². The van der Waals surface area contributed by atoms with E-state index in [2.05, 4.69) is 132 Å². The van der Waals surface area contributed by atoms with Gasteiger partial charge in [0.15, 0.2) is 5.58 Å². The third kappa shape index (κ3) is 4.37. The molecule has 0 N–H and O–H groups in total. The average molecular weight is 653 g/mol. The second-order valence-corrected chi connectivity index (χ2v) is 13.2. The topological polar surface area (TPSA) is 42.4 Å². The zero-order valence-electron chi connectivity index (χ0n) is 27.4. The van der Waals surface area contributed by atoms with Crippen molar-refractivity contribution in [1.82, 2.24) is 4.98 Å².